The molecule has 0 saturated carbocycles. The average molecular weight is 356 g/mol. The Balaban J connectivity index is 1.77. The van der Waals surface area contributed by atoms with Gasteiger partial charge >= 0.3 is 6.03 Å². The number of hydrogen-bond acceptors (Lipinski definition) is 3. The lowest BCUT2D eigenvalue weighted by Gasteiger charge is -2.26. The first-order valence-corrected chi connectivity index (χ1v) is 8.74. The third-order valence-electron chi connectivity index (χ3n) is 4.40. The van der Waals surface area contributed by atoms with E-state index >= 15 is 0 Å². The molecule has 0 fully saturated rings. The van der Waals surface area contributed by atoms with Crippen LogP contribution in [0.15, 0.2) is 48.5 Å². The Kier molecular flexibility index (Phi) is 6.89. The van der Waals surface area contributed by atoms with Gasteiger partial charge in [0.15, 0.2) is 0 Å². The van der Waals surface area contributed by atoms with Crippen LogP contribution >= 0.6 is 0 Å². The molecular formula is C21H28N2O3. The molecule has 2 aromatic carbocycles. The molecule has 0 aliphatic carbocycles. The second-order valence-electron chi connectivity index (χ2n) is 6.82. The molecule has 2 N–H and O–H groups in total. The van der Waals surface area contributed by atoms with Gasteiger partial charge in [-0.25, -0.2) is 4.79 Å². The number of carbonyl (C=O) groups excluding carboxylic acids is 1. The third-order valence-corrected chi connectivity index (χ3v) is 4.40. The fourth-order valence-corrected chi connectivity index (χ4v) is 2.66. The third kappa shape index (κ3) is 5.69. The SMILES string of the molecule is COc1ccc(C(C)(C)CNC(=O)NCCc2cccc(OC)c2)cc1. The molecule has 0 aromatic heterocycles. The Morgan fingerprint density at radius 3 is 2.31 bits per heavy atom. The molecule has 2 aromatic rings. The molecule has 0 aliphatic rings. The summed E-state index contributed by atoms with van der Waals surface area (Å²) in [5.74, 6) is 1.65. The smallest absolute Gasteiger partial charge is 0.314 e. The van der Waals surface area contributed by atoms with E-state index in [1.165, 1.54) is 0 Å². The van der Waals surface area contributed by atoms with Gasteiger partial charge in [-0.2, -0.15) is 0 Å². The molecule has 26 heavy (non-hydrogen) atoms. The summed E-state index contributed by atoms with van der Waals surface area (Å²) in [6.45, 7) is 5.32. The van der Waals surface area contributed by atoms with Gasteiger partial charge in [-0.1, -0.05) is 38.1 Å². The van der Waals surface area contributed by atoms with E-state index in [1.807, 2.05) is 48.5 Å². The van der Waals surface area contributed by atoms with Crippen LogP contribution in [0.3, 0.4) is 0 Å². The minimum absolute atomic E-state index is 0.158. The van der Waals surface area contributed by atoms with Crippen LogP contribution in [-0.2, 0) is 11.8 Å². The van der Waals surface area contributed by atoms with Gasteiger partial charge in [-0.15, -0.1) is 0 Å². The Morgan fingerprint density at radius 2 is 1.65 bits per heavy atom. The normalized spacial score (nSPS) is 10.9. The van der Waals surface area contributed by atoms with Crippen LogP contribution in [0.5, 0.6) is 11.5 Å². The topological polar surface area (TPSA) is 59.6 Å². The van der Waals surface area contributed by atoms with Crippen molar-refractivity contribution in [1.29, 1.82) is 0 Å². The second-order valence-corrected chi connectivity index (χ2v) is 6.82. The molecule has 0 spiro atoms. The highest BCUT2D eigenvalue weighted by molar-refractivity contribution is 5.74. The number of hydrogen-bond donors (Lipinski definition) is 2. The van der Waals surface area contributed by atoms with Crippen LogP contribution in [0.25, 0.3) is 0 Å². The maximum Gasteiger partial charge on any atom is 0.314 e. The predicted molar refractivity (Wildman–Crippen MR) is 104 cm³/mol. The summed E-state index contributed by atoms with van der Waals surface area (Å²) in [4.78, 5) is 12.1. The largest absolute Gasteiger partial charge is 0.497 e. The molecule has 0 bridgehead atoms. The highest BCUT2D eigenvalue weighted by atomic mass is 16.5. The van der Waals surface area contributed by atoms with Crippen LogP contribution in [0.2, 0.25) is 0 Å². The fraction of sp³-hybridized carbons (Fsp3) is 0.381. The van der Waals surface area contributed by atoms with Gasteiger partial charge in [-0.3, -0.25) is 0 Å². The maximum atomic E-state index is 12.1. The van der Waals surface area contributed by atoms with Crippen LogP contribution < -0.4 is 20.1 Å². The molecule has 2 rings (SSSR count). The molecule has 5 heteroatoms. The van der Waals surface area contributed by atoms with Gasteiger partial charge in [0, 0.05) is 18.5 Å². The van der Waals surface area contributed by atoms with Crippen molar-refractivity contribution in [3.05, 3.63) is 59.7 Å². The first-order valence-electron chi connectivity index (χ1n) is 8.74. The zero-order valence-electron chi connectivity index (χ0n) is 16.0. The molecule has 0 heterocycles. The van der Waals surface area contributed by atoms with Gasteiger partial charge in [0.2, 0.25) is 0 Å². The van der Waals surface area contributed by atoms with Crippen molar-refractivity contribution in [2.45, 2.75) is 25.7 Å². The number of rotatable bonds is 8. The summed E-state index contributed by atoms with van der Waals surface area (Å²) in [6, 6.07) is 15.6. The van der Waals surface area contributed by atoms with E-state index in [4.69, 9.17) is 9.47 Å². The number of methoxy groups -OCH3 is 2. The molecule has 0 unspecified atom stereocenters. The molecule has 0 atom stereocenters. The van der Waals surface area contributed by atoms with Crippen molar-refractivity contribution in [3.63, 3.8) is 0 Å². The van der Waals surface area contributed by atoms with Crippen molar-refractivity contribution in [1.82, 2.24) is 10.6 Å². The minimum atomic E-state index is -0.170. The Bertz CT molecular complexity index is 711. The van der Waals surface area contributed by atoms with Gasteiger partial charge in [0.05, 0.1) is 14.2 Å². The Labute approximate surface area is 155 Å². The van der Waals surface area contributed by atoms with Gasteiger partial charge < -0.3 is 20.1 Å². The van der Waals surface area contributed by atoms with Crippen LogP contribution in [-0.4, -0.2) is 33.3 Å². The molecule has 0 saturated heterocycles. The monoisotopic (exact) mass is 356 g/mol. The van der Waals surface area contributed by atoms with Gasteiger partial charge in [0.1, 0.15) is 11.5 Å². The van der Waals surface area contributed by atoms with E-state index < -0.39 is 0 Å². The standard InChI is InChI=1S/C21H28N2O3/c1-21(2,17-8-10-18(25-3)11-9-17)15-23-20(24)22-13-12-16-6-5-7-19(14-16)26-4/h5-11,14H,12-13,15H2,1-4H3,(H2,22,23,24). The molecule has 140 valence electrons. The van der Waals surface area contributed by atoms with Crippen molar-refractivity contribution < 1.29 is 14.3 Å². The number of urea groups is 1. The van der Waals surface area contributed by atoms with E-state index in [9.17, 15) is 4.79 Å². The van der Waals surface area contributed by atoms with Crippen molar-refractivity contribution in [3.8, 4) is 11.5 Å². The van der Waals surface area contributed by atoms with E-state index in [1.54, 1.807) is 14.2 Å². The second kappa shape index (κ2) is 9.13. The summed E-state index contributed by atoms with van der Waals surface area (Å²) in [7, 11) is 3.30. The Morgan fingerprint density at radius 1 is 0.962 bits per heavy atom. The molecule has 5 nitrogen and oxygen atoms in total. The predicted octanol–water partition coefficient (Wildman–Crippen LogP) is 3.52. The number of carbonyl (C=O) groups is 1. The Hall–Kier alpha value is -2.69. The minimum Gasteiger partial charge on any atom is -0.497 e. The first kappa shape index (κ1) is 19.6. The highest BCUT2D eigenvalue weighted by Crippen LogP contribution is 2.24. The molecule has 2 amide bonds. The lowest BCUT2D eigenvalue weighted by molar-refractivity contribution is 0.238. The highest BCUT2D eigenvalue weighted by Gasteiger charge is 2.21. The van der Waals surface area contributed by atoms with E-state index in [0.29, 0.717) is 13.1 Å². The zero-order chi connectivity index (χ0) is 19.0. The first-order chi connectivity index (χ1) is 12.4. The van der Waals surface area contributed by atoms with E-state index in [2.05, 4.69) is 24.5 Å². The number of benzene rings is 2. The van der Waals surface area contributed by atoms with E-state index in [0.717, 1.165) is 29.0 Å². The summed E-state index contributed by atoms with van der Waals surface area (Å²) in [5, 5.41) is 5.85. The summed E-state index contributed by atoms with van der Waals surface area (Å²) >= 11 is 0. The summed E-state index contributed by atoms with van der Waals surface area (Å²) in [6.07, 6.45) is 0.756. The van der Waals surface area contributed by atoms with Crippen molar-refractivity contribution in [2.24, 2.45) is 0 Å². The van der Waals surface area contributed by atoms with Crippen LogP contribution in [0.4, 0.5) is 4.79 Å². The lowest BCUT2D eigenvalue weighted by atomic mass is 9.84. The quantitative estimate of drug-likeness (QED) is 0.761. The van der Waals surface area contributed by atoms with Gasteiger partial charge in [-0.05, 0) is 41.8 Å². The fourth-order valence-electron chi connectivity index (χ4n) is 2.66. The van der Waals surface area contributed by atoms with Crippen molar-refractivity contribution in [2.75, 3.05) is 27.3 Å². The van der Waals surface area contributed by atoms with Crippen LogP contribution in [0, 0.1) is 0 Å². The summed E-state index contributed by atoms with van der Waals surface area (Å²) in [5.41, 5.74) is 2.11. The lowest BCUT2D eigenvalue weighted by Crippen LogP contribution is -2.42. The summed E-state index contributed by atoms with van der Waals surface area (Å²) < 4.78 is 10.4. The zero-order valence-corrected chi connectivity index (χ0v) is 16.0. The molecule has 0 aliphatic heterocycles. The van der Waals surface area contributed by atoms with Gasteiger partial charge in [0.25, 0.3) is 0 Å². The number of amides is 2. The van der Waals surface area contributed by atoms with E-state index in [-0.39, 0.29) is 11.4 Å². The number of ether oxygens (including phenoxy) is 2. The molecular weight excluding hydrogens is 328 g/mol. The number of nitrogens with one attached hydrogen (secondary N) is 2. The average Bonchev–Trinajstić information content (AvgIpc) is 2.66. The van der Waals surface area contributed by atoms with Crippen LogP contribution in [0.1, 0.15) is 25.0 Å². The van der Waals surface area contributed by atoms with Crippen molar-refractivity contribution >= 4 is 6.03 Å². The maximum absolute atomic E-state index is 12.1. The molecule has 0 radical (unpaired) electrons.